The molecule has 104 valence electrons. The summed E-state index contributed by atoms with van der Waals surface area (Å²) in [5.41, 5.74) is 4.20. The Balaban J connectivity index is 1.96. The molecule has 20 heavy (non-hydrogen) atoms. The van der Waals surface area contributed by atoms with Crippen LogP contribution in [0.5, 0.6) is 0 Å². The van der Waals surface area contributed by atoms with Crippen molar-refractivity contribution in [3.63, 3.8) is 0 Å². The highest BCUT2D eigenvalue weighted by Crippen LogP contribution is 2.31. The van der Waals surface area contributed by atoms with Gasteiger partial charge in [0.1, 0.15) is 5.37 Å². The Bertz CT molecular complexity index is 655. The maximum Gasteiger partial charge on any atom is 0.212 e. The van der Waals surface area contributed by atoms with Gasteiger partial charge in [-0.25, -0.2) is 9.88 Å². The topological polar surface area (TPSA) is 90.5 Å². The summed E-state index contributed by atoms with van der Waals surface area (Å²) in [5, 5.41) is 28.2. The Labute approximate surface area is 119 Å². The largest absolute Gasteiger partial charge is 0.595 e. The van der Waals surface area contributed by atoms with E-state index in [2.05, 4.69) is 15.6 Å². The molecule has 0 bridgehead atoms. The molecule has 3 rings (SSSR count). The smallest absolute Gasteiger partial charge is 0.212 e. The summed E-state index contributed by atoms with van der Waals surface area (Å²) in [5.74, 6) is 0.614. The van der Waals surface area contributed by atoms with Crippen LogP contribution in [0.1, 0.15) is 6.92 Å². The second-order valence-corrected chi connectivity index (χ2v) is 5.33. The lowest BCUT2D eigenvalue weighted by Gasteiger charge is -2.12. The van der Waals surface area contributed by atoms with Gasteiger partial charge in [-0.1, -0.05) is 36.0 Å². The molecule has 3 N–H and O–H groups in total. The van der Waals surface area contributed by atoms with Crippen molar-refractivity contribution in [2.75, 3.05) is 5.43 Å². The molecule has 1 aliphatic rings. The number of aromatic nitrogens is 3. The monoisotopic (exact) mass is 291 g/mol. The zero-order chi connectivity index (χ0) is 14.1. The van der Waals surface area contributed by atoms with Crippen molar-refractivity contribution in [3.05, 3.63) is 41.6 Å². The van der Waals surface area contributed by atoms with E-state index >= 15 is 0 Å². The Hall–Kier alpha value is -1.87. The van der Waals surface area contributed by atoms with E-state index in [4.69, 9.17) is 5.21 Å². The van der Waals surface area contributed by atoms with E-state index in [0.717, 1.165) is 10.7 Å². The van der Waals surface area contributed by atoms with Crippen LogP contribution >= 0.6 is 11.8 Å². The highest BCUT2D eigenvalue weighted by molar-refractivity contribution is 8.00. The Morgan fingerprint density at radius 1 is 1.50 bits per heavy atom. The molecule has 2 aromatic rings. The predicted octanol–water partition coefficient (Wildman–Crippen LogP) is 0.900. The van der Waals surface area contributed by atoms with Gasteiger partial charge in [0.2, 0.25) is 5.16 Å². The van der Waals surface area contributed by atoms with E-state index in [0.29, 0.717) is 5.82 Å². The number of benzene rings is 1. The average molecular weight is 291 g/mol. The first kappa shape index (κ1) is 13.1. The third kappa shape index (κ3) is 2.29. The van der Waals surface area contributed by atoms with Crippen LogP contribution in [0.3, 0.4) is 0 Å². The summed E-state index contributed by atoms with van der Waals surface area (Å²) >= 11 is 1.56. The fourth-order valence-corrected chi connectivity index (χ4v) is 2.92. The number of hydrogen-bond donors (Lipinski definition) is 3. The Morgan fingerprint density at radius 3 is 3.10 bits per heavy atom. The van der Waals surface area contributed by atoms with Crippen molar-refractivity contribution < 1.29 is 10.4 Å². The summed E-state index contributed by atoms with van der Waals surface area (Å²) in [7, 11) is 0. The maximum absolute atomic E-state index is 11.0. The molecule has 0 fully saturated rings. The van der Waals surface area contributed by atoms with Gasteiger partial charge in [0, 0.05) is 17.7 Å². The lowest BCUT2D eigenvalue weighted by molar-refractivity contribution is -0.991. The summed E-state index contributed by atoms with van der Waals surface area (Å²) in [4.78, 5) is 0. The van der Waals surface area contributed by atoms with Gasteiger partial charge in [-0.3, -0.25) is 0 Å². The molecular formula is C12H13N5O2S. The minimum Gasteiger partial charge on any atom is -0.595 e. The third-order valence-electron chi connectivity index (χ3n) is 2.86. The summed E-state index contributed by atoms with van der Waals surface area (Å²) in [6, 6.07) is 6.66. The van der Waals surface area contributed by atoms with E-state index in [1.54, 1.807) is 34.6 Å². The van der Waals surface area contributed by atoms with E-state index in [1.807, 2.05) is 25.1 Å². The number of nitrogens with one attached hydrogen (secondary N) is 2. The average Bonchev–Trinajstić information content (AvgIpc) is 2.99. The predicted molar refractivity (Wildman–Crippen MR) is 75.1 cm³/mol. The van der Waals surface area contributed by atoms with Crippen LogP contribution < -0.4 is 10.7 Å². The molecule has 1 unspecified atom stereocenters. The summed E-state index contributed by atoms with van der Waals surface area (Å²) in [6.07, 6.45) is 3.99. The molecule has 0 saturated carbocycles. The van der Waals surface area contributed by atoms with E-state index < -0.39 is 5.23 Å². The minimum atomic E-state index is -0.956. The number of quaternary nitrogens is 1. The number of rotatable bonds is 3. The van der Waals surface area contributed by atoms with Crippen molar-refractivity contribution in [1.29, 1.82) is 0 Å². The van der Waals surface area contributed by atoms with Crippen LogP contribution in [-0.2, 0) is 0 Å². The van der Waals surface area contributed by atoms with E-state index in [-0.39, 0.29) is 11.1 Å². The van der Waals surface area contributed by atoms with Gasteiger partial charge >= 0.3 is 0 Å². The molecule has 7 nitrogen and oxygen atoms in total. The first-order valence-electron chi connectivity index (χ1n) is 6.04. The van der Waals surface area contributed by atoms with Crippen molar-refractivity contribution >= 4 is 17.4 Å². The third-order valence-corrected chi connectivity index (χ3v) is 3.85. The van der Waals surface area contributed by atoms with Crippen LogP contribution in [0, 0.1) is 5.21 Å². The zero-order valence-electron chi connectivity index (χ0n) is 10.6. The molecule has 1 aromatic heterocycles. The molecule has 0 aliphatic carbocycles. The van der Waals surface area contributed by atoms with Gasteiger partial charge in [0.25, 0.3) is 0 Å². The van der Waals surface area contributed by atoms with E-state index in [1.165, 1.54) is 0 Å². The molecule has 0 saturated heterocycles. The van der Waals surface area contributed by atoms with Crippen molar-refractivity contribution in [3.8, 4) is 11.4 Å². The Morgan fingerprint density at radius 2 is 2.35 bits per heavy atom. The lowest BCUT2D eigenvalue weighted by Crippen LogP contribution is -2.99. The highest BCUT2D eigenvalue weighted by Gasteiger charge is 2.25. The minimum absolute atomic E-state index is 0.118. The van der Waals surface area contributed by atoms with Gasteiger partial charge in [0.15, 0.2) is 11.5 Å². The van der Waals surface area contributed by atoms with Gasteiger partial charge < -0.3 is 10.6 Å². The Kier molecular flexibility index (Phi) is 3.45. The van der Waals surface area contributed by atoms with Crippen molar-refractivity contribution in [1.82, 2.24) is 14.9 Å². The number of allylic oxidation sites excluding steroid dienone is 1. The second kappa shape index (κ2) is 5.25. The molecule has 0 radical (unpaired) electrons. The number of fused-ring (bicyclic) bond motifs is 1. The first-order chi connectivity index (χ1) is 9.69. The van der Waals surface area contributed by atoms with Crippen LogP contribution in [0.4, 0.5) is 5.69 Å². The first-order valence-corrected chi connectivity index (χ1v) is 6.92. The molecule has 0 spiro atoms. The quantitative estimate of drug-likeness (QED) is 0.575. The lowest BCUT2D eigenvalue weighted by atomic mass is 10.2. The van der Waals surface area contributed by atoms with Gasteiger partial charge in [-0.2, -0.15) is 5.23 Å². The van der Waals surface area contributed by atoms with Gasteiger partial charge in [0.05, 0.1) is 0 Å². The molecule has 8 heteroatoms. The van der Waals surface area contributed by atoms with Crippen molar-refractivity contribution in [2.45, 2.75) is 17.5 Å². The fraction of sp³-hybridized carbons (Fsp3) is 0.167. The molecule has 2 heterocycles. The second-order valence-electron chi connectivity index (χ2n) is 4.22. The number of thioether (sulfide) groups is 1. The van der Waals surface area contributed by atoms with E-state index in [9.17, 15) is 5.21 Å². The number of nitrogens with zero attached hydrogens (tertiary/aromatic N) is 3. The molecule has 0 amide bonds. The van der Waals surface area contributed by atoms with Crippen LogP contribution in [0.15, 0.2) is 41.6 Å². The fourth-order valence-electron chi connectivity index (χ4n) is 1.97. The number of hydrogen-bond acceptors (Lipinski definition) is 6. The standard InChI is InChI=1S/C12H13N5O2S/c1-2-4-10-15-16-11(13-14-12(16)20-10)8-5-3-6-9(7-8)17(18)19/h2-7,10,15,17-18H,1H3/t10-/m0/s1. The van der Waals surface area contributed by atoms with Crippen LogP contribution in [0.2, 0.25) is 0 Å². The molecule has 2 atom stereocenters. The van der Waals surface area contributed by atoms with Crippen molar-refractivity contribution in [2.24, 2.45) is 0 Å². The maximum atomic E-state index is 11.0. The summed E-state index contributed by atoms with van der Waals surface area (Å²) in [6.45, 7) is 1.96. The normalized spacial score (nSPS) is 19.1. The summed E-state index contributed by atoms with van der Waals surface area (Å²) < 4.78 is 1.79. The zero-order valence-corrected chi connectivity index (χ0v) is 11.5. The molecule has 1 aliphatic heterocycles. The van der Waals surface area contributed by atoms with Gasteiger partial charge in [-0.15, -0.1) is 10.2 Å². The highest BCUT2D eigenvalue weighted by atomic mass is 32.2. The molecular weight excluding hydrogens is 278 g/mol. The van der Waals surface area contributed by atoms with Crippen LogP contribution in [0.25, 0.3) is 11.4 Å². The SMILES string of the molecule is CC=C[C@H]1Nn2c(nnc2-c2cccc([NH+]([O-])O)c2)S1. The van der Waals surface area contributed by atoms with Crippen LogP contribution in [-0.4, -0.2) is 25.5 Å². The molecule has 1 aromatic carbocycles. The van der Waals surface area contributed by atoms with Gasteiger partial charge in [-0.05, 0) is 6.92 Å².